The molecule has 0 bridgehead atoms. The molecule has 8 heteroatoms. The zero-order valence-electron chi connectivity index (χ0n) is 14.1. The Morgan fingerprint density at radius 3 is 2.64 bits per heavy atom. The number of para-hydroxylation sites is 2. The smallest absolute Gasteiger partial charge is 0.349 e. The van der Waals surface area contributed by atoms with E-state index in [-0.39, 0.29) is 11.4 Å². The first-order chi connectivity index (χ1) is 11.8. The Kier molecular flexibility index (Phi) is 5.87. The molecule has 132 valence electrons. The number of carbonyl (C=O) groups excluding carboxylic acids is 2. The Labute approximate surface area is 148 Å². The molecule has 1 amide bonds. The highest BCUT2D eigenvalue weighted by Gasteiger charge is 2.23. The van der Waals surface area contributed by atoms with Crippen molar-refractivity contribution in [3.8, 4) is 0 Å². The SMILES string of the molecule is CCc1cc(C(=O)O[C@@H](C)C(=O)Nc2ccccc2[N+](=O)[O-])sc1C. The molecule has 0 radical (unpaired) electrons. The number of hydrogen-bond donors (Lipinski definition) is 1. The Balaban J connectivity index is 2.05. The first-order valence-corrected chi connectivity index (χ1v) is 8.49. The monoisotopic (exact) mass is 362 g/mol. The first kappa shape index (κ1) is 18.6. The molecule has 7 nitrogen and oxygen atoms in total. The van der Waals surface area contributed by atoms with Crippen LogP contribution >= 0.6 is 11.3 Å². The van der Waals surface area contributed by atoms with E-state index in [0.29, 0.717) is 4.88 Å². The molecule has 2 rings (SSSR count). The van der Waals surface area contributed by atoms with Gasteiger partial charge in [-0.25, -0.2) is 4.79 Å². The van der Waals surface area contributed by atoms with Crippen molar-refractivity contribution in [2.45, 2.75) is 33.3 Å². The second-order valence-corrected chi connectivity index (χ2v) is 6.61. The summed E-state index contributed by atoms with van der Waals surface area (Å²) in [6, 6.07) is 7.53. The van der Waals surface area contributed by atoms with Crippen molar-refractivity contribution in [2.75, 3.05) is 5.32 Å². The minimum Gasteiger partial charge on any atom is -0.448 e. The highest BCUT2D eigenvalue weighted by molar-refractivity contribution is 7.14. The van der Waals surface area contributed by atoms with E-state index in [0.717, 1.165) is 16.9 Å². The van der Waals surface area contributed by atoms with Crippen LogP contribution in [0.5, 0.6) is 0 Å². The van der Waals surface area contributed by atoms with Crippen molar-refractivity contribution in [1.82, 2.24) is 0 Å². The quantitative estimate of drug-likeness (QED) is 0.480. The number of thiophene rings is 1. The average molecular weight is 362 g/mol. The van der Waals surface area contributed by atoms with Gasteiger partial charge in [0, 0.05) is 10.9 Å². The lowest BCUT2D eigenvalue weighted by molar-refractivity contribution is -0.383. The van der Waals surface area contributed by atoms with Crippen LogP contribution in [-0.4, -0.2) is 22.9 Å². The Morgan fingerprint density at radius 1 is 1.36 bits per heavy atom. The van der Waals surface area contributed by atoms with Crippen molar-refractivity contribution in [3.63, 3.8) is 0 Å². The molecule has 25 heavy (non-hydrogen) atoms. The Hall–Kier alpha value is -2.74. The maximum atomic E-state index is 12.2. The lowest BCUT2D eigenvalue weighted by atomic mass is 10.2. The van der Waals surface area contributed by atoms with Gasteiger partial charge in [-0.3, -0.25) is 14.9 Å². The van der Waals surface area contributed by atoms with Crippen LogP contribution in [0.25, 0.3) is 0 Å². The topological polar surface area (TPSA) is 98.5 Å². The van der Waals surface area contributed by atoms with Crippen molar-refractivity contribution >= 4 is 34.6 Å². The van der Waals surface area contributed by atoms with E-state index in [4.69, 9.17) is 4.74 Å². The van der Waals surface area contributed by atoms with Crippen LogP contribution in [0.1, 0.15) is 34.0 Å². The van der Waals surface area contributed by atoms with Gasteiger partial charge in [-0.15, -0.1) is 11.3 Å². The van der Waals surface area contributed by atoms with Gasteiger partial charge in [-0.05, 0) is 38.0 Å². The summed E-state index contributed by atoms with van der Waals surface area (Å²) in [6.07, 6.45) is -0.275. The number of ether oxygens (including phenoxy) is 1. The molecule has 0 saturated heterocycles. The first-order valence-electron chi connectivity index (χ1n) is 7.68. The summed E-state index contributed by atoms with van der Waals surface area (Å²) in [4.78, 5) is 36.2. The van der Waals surface area contributed by atoms with Crippen LogP contribution in [0, 0.1) is 17.0 Å². The number of anilines is 1. The van der Waals surface area contributed by atoms with E-state index in [1.807, 2.05) is 13.8 Å². The number of rotatable bonds is 6. The van der Waals surface area contributed by atoms with E-state index in [1.165, 1.54) is 36.5 Å². The molecule has 0 aliphatic rings. The molecule has 0 unspecified atom stereocenters. The van der Waals surface area contributed by atoms with Crippen LogP contribution < -0.4 is 5.32 Å². The number of aryl methyl sites for hydroxylation is 2. The summed E-state index contributed by atoms with van der Waals surface area (Å²) in [5.74, 6) is -1.22. The Morgan fingerprint density at radius 2 is 2.04 bits per heavy atom. The molecule has 1 heterocycles. The standard InChI is InChI=1S/C17H18N2O5S/c1-4-12-9-15(25-11(12)3)17(21)24-10(2)16(20)18-13-7-5-6-8-14(13)19(22)23/h5-10H,4H2,1-3H3,(H,18,20)/t10-/m0/s1. The van der Waals surface area contributed by atoms with E-state index in [2.05, 4.69) is 5.32 Å². The number of nitrogens with zero attached hydrogens (tertiary/aromatic N) is 1. The zero-order chi connectivity index (χ0) is 18.6. The summed E-state index contributed by atoms with van der Waals surface area (Å²) in [5.41, 5.74) is 0.894. The predicted octanol–water partition coefficient (Wildman–Crippen LogP) is 3.71. The van der Waals surface area contributed by atoms with Gasteiger partial charge < -0.3 is 10.1 Å². The zero-order valence-corrected chi connectivity index (χ0v) is 14.9. The molecular formula is C17H18N2O5S. The van der Waals surface area contributed by atoms with E-state index >= 15 is 0 Å². The third-order valence-electron chi connectivity index (χ3n) is 3.61. The van der Waals surface area contributed by atoms with Crippen molar-refractivity contribution in [1.29, 1.82) is 0 Å². The fraction of sp³-hybridized carbons (Fsp3) is 0.294. The minimum absolute atomic E-state index is 0.0561. The lowest BCUT2D eigenvalue weighted by Gasteiger charge is -2.13. The van der Waals surface area contributed by atoms with Crippen molar-refractivity contribution in [3.05, 3.63) is 55.8 Å². The third-order valence-corrected chi connectivity index (χ3v) is 4.69. The fourth-order valence-electron chi connectivity index (χ4n) is 2.22. The molecule has 1 aromatic heterocycles. The van der Waals surface area contributed by atoms with Crippen molar-refractivity contribution < 1.29 is 19.2 Å². The van der Waals surface area contributed by atoms with Crippen LogP contribution in [0.2, 0.25) is 0 Å². The summed E-state index contributed by atoms with van der Waals surface area (Å²) >= 11 is 1.32. The van der Waals surface area contributed by atoms with E-state index < -0.39 is 22.9 Å². The molecule has 0 aliphatic heterocycles. The molecule has 2 aromatic rings. The Bertz CT molecular complexity index is 815. The second kappa shape index (κ2) is 7.89. The van der Waals surface area contributed by atoms with Crippen LogP contribution in [0.15, 0.2) is 30.3 Å². The number of esters is 1. The summed E-state index contributed by atoms with van der Waals surface area (Å²) in [6.45, 7) is 5.33. The molecule has 0 spiro atoms. The maximum absolute atomic E-state index is 12.2. The number of nitro benzene ring substituents is 1. The van der Waals surface area contributed by atoms with Gasteiger partial charge in [0.1, 0.15) is 10.6 Å². The summed E-state index contributed by atoms with van der Waals surface area (Å²) < 4.78 is 5.17. The molecule has 0 aliphatic carbocycles. The van der Waals surface area contributed by atoms with Gasteiger partial charge in [-0.1, -0.05) is 19.1 Å². The van der Waals surface area contributed by atoms with Gasteiger partial charge in [0.15, 0.2) is 6.10 Å². The maximum Gasteiger partial charge on any atom is 0.349 e. The molecule has 1 N–H and O–H groups in total. The largest absolute Gasteiger partial charge is 0.448 e. The fourth-order valence-corrected chi connectivity index (χ4v) is 3.21. The number of benzene rings is 1. The number of nitro groups is 1. The van der Waals surface area contributed by atoms with Gasteiger partial charge in [0.25, 0.3) is 11.6 Å². The van der Waals surface area contributed by atoms with Gasteiger partial charge >= 0.3 is 5.97 Å². The molecule has 1 aromatic carbocycles. The number of carbonyl (C=O) groups is 2. The molecule has 0 saturated carbocycles. The normalized spacial score (nSPS) is 11.6. The van der Waals surface area contributed by atoms with E-state index in [1.54, 1.807) is 12.1 Å². The second-order valence-electron chi connectivity index (χ2n) is 5.36. The highest BCUT2D eigenvalue weighted by atomic mass is 32.1. The van der Waals surface area contributed by atoms with Gasteiger partial charge in [0.05, 0.1) is 4.92 Å². The highest BCUT2D eigenvalue weighted by Crippen LogP contribution is 2.25. The number of nitrogens with one attached hydrogen (secondary N) is 1. The summed E-state index contributed by atoms with van der Waals surface area (Å²) in [5, 5.41) is 13.4. The van der Waals surface area contributed by atoms with Crippen LogP contribution in [0.3, 0.4) is 0 Å². The lowest BCUT2D eigenvalue weighted by Crippen LogP contribution is -2.30. The average Bonchev–Trinajstić information content (AvgIpc) is 2.96. The third kappa shape index (κ3) is 4.42. The molecular weight excluding hydrogens is 344 g/mol. The summed E-state index contributed by atoms with van der Waals surface area (Å²) in [7, 11) is 0. The van der Waals surface area contributed by atoms with E-state index in [9.17, 15) is 19.7 Å². The van der Waals surface area contributed by atoms with Gasteiger partial charge in [0.2, 0.25) is 0 Å². The molecule has 0 fully saturated rings. The van der Waals surface area contributed by atoms with Crippen LogP contribution in [0.4, 0.5) is 11.4 Å². The van der Waals surface area contributed by atoms with Crippen molar-refractivity contribution in [2.24, 2.45) is 0 Å². The molecule has 1 atom stereocenters. The number of amides is 1. The minimum atomic E-state index is -1.08. The number of hydrogen-bond acceptors (Lipinski definition) is 6. The predicted molar refractivity (Wildman–Crippen MR) is 95.0 cm³/mol. The van der Waals surface area contributed by atoms with Gasteiger partial charge in [-0.2, -0.15) is 0 Å². The van der Waals surface area contributed by atoms with Crippen LogP contribution in [-0.2, 0) is 16.0 Å².